The second-order valence-corrected chi connectivity index (χ2v) is 3.18. The topological polar surface area (TPSA) is 71.5 Å². The zero-order chi connectivity index (χ0) is 11.1. The van der Waals surface area contributed by atoms with Crippen LogP contribution in [-0.4, -0.2) is 29.3 Å². The molecule has 0 spiro atoms. The number of carboxylic acid groups (broad SMARTS) is 1. The molecule has 6 heteroatoms. The van der Waals surface area contributed by atoms with E-state index >= 15 is 0 Å². The van der Waals surface area contributed by atoms with Gasteiger partial charge in [0.1, 0.15) is 0 Å². The molecule has 0 aliphatic heterocycles. The molecular weight excluding hydrogens is 220 g/mol. The highest BCUT2D eigenvalue weighted by Gasteiger charge is 1.97. The molecule has 0 fully saturated rings. The van der Waals surface area contributed by atoms with Gasteiger partial charge in [-0.05, 0) is 12.5 Å². The number of pyridine rings is 1. The zero-order valence-electron chi connectivity index (χ0n) is 7.94. The fraction of sp³-hybridized carbons (Fsp3) is 0.333. The SMILES string of the molecule is O=C(O)NCCCOc1cc(Cl)ccn1. The summed E-state index contributed by atoms with van der Waals surface area (Å²) in [7, 11) is 0. The van der Waals surface area contributed by atoms with E-state index in [1.54, 1.807) is 18.3 Å². The van der Waals surface area contributed by atoms with Crippen LogP contribution < -0.4 is 10.1 Å². The van der Waals surface area contributed by atoms with E-state index in [2.05, 4.69) is 10.3 Å². The van der Waals surface area contributed by atoms with Gasteiger partial charge in [-0.2, -0.15) is 0 Å². The molecule has 0 unspecified atom stereocenters. The van der Waals surface area contributed by atoms with E-state index in [0.29, 0.717) is 30.5 Å². The van der Waals surface area contributed by atoms with Crippen molar-refractivity contribution in [3.63, 3.8) is 0 Å². The van der Waals surface area contributed by atoms with Gasteiger partial charge in [0.05, 0.1) is 6.61 Å². The Morgan fingerprint density at radius 3 is 3.13 bits per heavy atom. The maximum absolute atomic E-state index is 10.1. The van der Waals surface area contributed by atoms with Gasteiger partial charge in [0, 0.05) is 23.8 Å². The number of aromatic nitrogens is 1. The van der Waals surface area contributed by atoms with Crippen LogP contribution in [0.1, 0.15) is 6.42 Å². The number of rotatable bonds is 5. The van der Waals surface area contributed by atoms with Gasteiger partial charge >= 0.3 is 6.09 Å². The van der Waals surface area contributed by atoms with Crippen LogP contribution in [-0.2, 0) is 0 Å². The first-order valence-corrected chi connectivity index (χ1v) is 4.77. The predicted molar refractivity (Wildman–Crippen MR) is 55.4 cm³/mol. The molecule has 0 bridgehead atoms. The van der Waals surface area contributed by atoms with E-state index in [0.717, 1.165) is 0 Å². The van der Waals surface area contributed by atoms with Crippen LogP contribution in [0.25, 0.3) is 0 Å². The lowest BCUT2D eigenvalue weighted by atomic mass is 10.4. The number of nitrogens with zero attached hydrogens (tertiary/aromatic N) is 1. The lowest BCUT2D eigenvalue weighted by molar-refractivity contribution is 0.193. The minimum Gasteiger partial charge on any atom is -0.478 e. The van der Waals surface area contributed by atoms with Crippen molar-refractivity contribution in [2.24, 2.45) is 0 Å². The van der Waals surface area contributed by atoms with Crippen molar-refractivity contribution >= 4 is 17.7 Å². The van der Waals surface area contributed by atoms with Crippen molar-refractivity contribution in [3.05, 3.63) is 23.4 Å². The van der Waals surface area contributed by atoms with Gasteiger partial charge in [-0.15, -0.1) is 0 Å². The van der Waals surface area contributed by atoms with Crippen molar-refractivity contribution in [2.45, 2.75) is 6.42 Å². The summed E-state index contributed by atoms with van der Waals surface area (Å²) < 4.78 is 5.24. The number of ether oxygens (including phenoxy) is 1. The molecule has 0 radical (unpaired) electrons. The second-order valence-electron chi connectivity index (χ2n) is 2.75. The summed E-state index contributed by atoms with van der Waals surface area (Å²) in [4.78, 5) is 14.0. The highest BCUT2D eigenvalue weighted by molar-refractivity contribution is 6.30. The highest BCUT2D eigenvalue weighted by atomic mass is 35.5. The van der Waals surface area contributed by atoms with Crippen LogP contribution in [0.2, 0.25) is 5.02 Å². The van der Waals surface area contributed by atoms with E-state index < -0.39 is 6.09 Å². The summed E-state index contributed by atoms with van der Waals surface area (Å²) in [6.07, 6.45) is 1.10. The molecule has 0 saturated carbocycles. The van der Waals surface area contributed by atoms with Crippen LogP contribution in [0.15, 0.2) is 18.3 Å². The van der Waals surface area contributed by atoms with Crippen LogP contribution >= 0.6 is 11.6 Å². The third-order valence-corrected chi connectivity index (χ3v) is 1.78. The van der Waals surface area contributed by atoms with Gasteiger partial charge in [-0.25, -0.2) is 9.78 Å². The van der Waals surface area contributed by atoms with Gasteiger partial charge in [0.25, 0.3) is 0 Å². The average molecular weight is 231 g/mol. The van der Waals surface area contributed by atoms with Crippen molar-refractivity contribution in [1.29, 1.82) is 0 Å². The molecule has 15 heavy (non-hydrogen) atoms. The molecule has 0 aromatic carbocycles. The Bertz CT molecular complexity index is 333. The largest absolute Gasteiger partial charge is 0.478 e. The van der Waals surface area contributed by atoms with Crippen molar-refractivity contribution < 1.29 is 14.6 Å². The molecule has 0 aliphatic rings. The lowest BCUT2D eigenvalue weighted by Gasteiger charge is -2.04. The Morgan fingerprint density at radius 1 is 1.67 bits per heavy atom. The average Bonchev–Trinajstić information content (AvgIpc) is 2.17. The minimum atomic E-state index is -1.03. The first-order valence-electron chi connectivity index (χ1n) is 4.39. The molecule has 0 aliphatic carbocycles. The lowest BCUT2D eigenvalue weighted by Crippen LogP contribution is -2.23. The fourth-order valence-electron chi connectivity index (χ4n) is 0.908. The summed E-state index contributed by atoms with van der Waals surface area (Å²) >= 11 is 5.72. The number of nitrogens with one attached hydrogen (secondary N) is 1. The molecule has 2 N–H and O–H groups in total. The first-order chi connectivity index (χ1) is 7.18. The molecule has 1 aromatic heterocycles. The fourth-order valence-corrected chi connectivity index (χ4v) is 1.06. The number of carbonyl (C=O) groups is 1. The van der Waals surface area contributed by atoms with Crippen molar-refractivity contribution in [3.8, 4) is 5.88 Å². The predicted octanol–water partition coefficient (Wildman–Crippen LogP) is 1.77. The monoisotopic (exact) mass is 230 g/mol. The number of amides is 1. The van der Waals surface area contributed by atoms with Gasteiger partial charge < -0.3 is 15.2 Å². The maximum atomic E-state index is 10.1. The smallest absolute Gasteiger partial charge is 0.404 e. The summed E-state index contributed by atoms with van der Waals surface area (Å²) in [5.74, 6) is 0.442. The molecule has 1 aromatic rings. The van der Waals surface area contributed by atoms with Crippen LogP contribution in [0, 0.1) is 0 Å². The van der Waals surface area contributed by atoms with E-state index in [-0.39, 0.29) is 0 Å². The molecule has 82 valence electrons. The Labute approximate surface area is 92.0 Å². The van der Waals surface area contributed by atoms with Crippen LogP contribution in [0.4, 0.5) is 4.79 Å². The second kappa shape index (κ2) is 6.08. The summed E-state index contributed by atoms with van der Waals surface area (Å²) in [6.45, 7) is 0.753. The Kier molecular flexibility index (Phi) is 4.70. The van der Waals surface area contributed by atoms with Gasteiger partial charge in [0.2, 0.25) is 5.88 Å². The Balaban J connectivity index is 2.17. The maximum Gasteiger partial charge on any atom is 0.404 e. The molecule has 5 nitrogen and oxygen atoms in total. The Hall–Kier alpha value is -1.49. The number of halogens is 1. The molecule has 0 atom stereocenters. The standard InChI is InChI=1S/C9H11ClN2O3/c10-7-2-4-11-8(6-7)15-5-1-3-12-9(13)14/h2,4,6,12H,1,3,5H2,(H,13,14). The number of hydrogen-bond donors (Lipinski definition) is 2. The first kappa shape index (κ1) is 11.6. The number of hydrogen-bond acceptors (Lipinski definition) is 3. The Morgan fingerprint density at radius 2 is 2.47 bits per heavy atom. The molecule has 0 saturated heterocycles. The normalized spacial score (nSPS) is 9.67. The third-order valence-electron chi connectivity index (χ3n) is 1.54. The van der Waals surface area contributed by atoms with Gasteiger partial charge in [-0.1, -0.05) is 11.6 Å². The summed E-state index contributed by atoms with van der Waals surface area (Å²) in [5.41, 5.74) is 0. The van der Waals surface area contributed by atoms with E-state index in [9.17, 15) is 4.79 Å². The molecule has 1 rings (SSSR count). The summed E-state index contributed by atoms with van der Waals surface area (Å²) in [5, 5.41) is 11.1. The third kappa shape index (κ3) is 5.07. The zero-order valence-corrected chi connectivity index (χ0v) is 8.70. The van der Waals surface area contributed by atoms with Gasteiger partial charge in [-0.3, -0.25) is 0 Å². The molecular formula is C9H11ClN2O3. The molecule has 1 heterocycles. The highest BCUT2D eigenvalue weighted by Crippen LogP contribution is 2.13. The quantitative estimate of drug-likeness (QED) is 0.757. The van der Waals surface area contributed by atoms with Crippen LogP contribution in [0.3, 0.4) is 0 Å². The van der Waals surface area contributed by atoms with Crippen molar-refractivity contribution in [2.75, 3.05) is 13.2 Å². The van der Waals surface area contributed by atoms with E-state index in [4.69, 9.17) is 21.4 Å². The van der Waals surface area contributed by atoms with Crippen molar-refractivity contribution in [1.82, 2.24) is 10.3 Å². The minimum absolute atomic E-state index is 0.357. The molecule has 1 amide bonds. The van der Waals surface area contributed by atoms with E-state index in [1.807, 2.05) is 0 Å². The van der Waals surface area contributed by atoms with Crippen LogP contribution in [0.5, 0.6) is 5.88 Å². The summed E-state index contributed by atoms with van der Waals surface area (Å²) in [6, 6.07) is 3.26. The van der Waals surface area contributed by atoms with E-state index in [1.165, 1.54) is 0 Å². The van der Waals surface area contributed by atoms with Gasteiger partial charge in [0.15, 0.2) is 0 Å².